The Kier molecular flexibility index (Phi) is 5.11. The van der Waals surface area contributed by atoms with E-state index in [1.807, 2.05) is 13.8 Å². The Labute approximate surface area is 124 Å². The van der Waals surface area contributed by atoms with E-state index in [2.05, 4.69) is 34.6 Å². The molecule has 1 atom stereocenters. The maximum Gasteiger partial charge on any atom is 0.324 e. The van der Waals surface area contributed by atoms with E-state index in [0.717, 1.165) is 6.42 Å². The second-order valence-electron chi connectivity index (χ2n) is 5.91. The third kappa shape index (κ3) is 4.13. The Bertz CT molecular complexity index is 473. The number of anilines is 1. The molecule has 2 heterocycles. The van der Waals surface area contributed by atoms with Gasteiger partial charge >= 0.3 is 6.03 Å². The summed E-state index contributed by atoms with van der Waals surface area (Å²) in [5.41, 5.74) is 0. The van der Waals surface area contributed by atoms with E-state index in [9.17, 15) is 4.79 Å². The SMILES string of the molecule is CC(C)C1CN(C(=O)Nc2nnn(C(C)C)n2)CCCO1. The van der Waals surface area contributed by atoms with E-state index in [0.29, 0.717) is 25.6 Å². The molecule has 0 aromatic carbocycles. The molecule has 21 heavy (non-hydrogen) atoms. The molecule has 118 valence electrons. The summed E-state index contributed by atoms with van der Waals surface area (Å²) in [7, 11) is 0. The number of carbonyl (C=O) groups is 1. The molecule has 1 saturated heterocycles. The first kappa shape index (κ1) is 15.7. The molecule has 0 spiro atoms. The Morgan fingerprint density at radius 1 is 1.38 bits per heavy atom. The van der Waals surface area contributed by atoms with Crippen LogP contribution in [0.1, 0.15) is 40.2 Å². The van der Waals surface area contributed by atoms with Crippen molar-refractivity contribution in [2.75, 3.05) is 25.0 Å². The fraction of sp³-hybridized carbons (Fsp3) is 0.846. The fourth-order valence-corrected chi connectivity index (χ4v) is 2.11. The Hall–Kier alpha value is -1.70. The van der Waals surface area contributed by atoms with Gasteiger partial charge in [0.25, 0.3) is 5.95 Å². The van der Waals surface area contributed by atoms with Crippen LogP contribution in [0.3, 0.4) is 0 Å². The average molecular weight is 296 g/mol. The molecule has 1 N–H and O–H groups in total. The van der Waals surface area contributed by atoms with Crippen LogP contribution in [-0.2, 0) is 4.74 Å². The molecule has 1 aliphatic heterocycles. The van der Waals surface area contributed by atoms with Crippen LogP contribution in [0.5, 0.6) is 0 Å². The first-order valence-corrected chi connectivity index (χ1v) is 7.44. The third-order valence-corrected chi connectivity index (χ3v) is 3.44. The zero-order valence-corrected chi connectivity index (χ0v) is 13.1. The number of hydrogen-bond acceptors (Lipinski definition) is 5. The van der Waals surface area contributed by atoms with E-state index in [1.54, 1.807) is 4.90 Å². The maximum absolute atomic E-state index is 12.3. The molecule has 1 aromatic heterocycles. The summed E-state index contributed by atoms with van der Waals surface area (Å²) in [6.45, 7) is 10.0. The normalized spacial score (nSPS) is 19.9. The van der Waals surface area contributed by atoms with Gasteiger partial charge in [0.1, 0.15) is 0 Å². The largest absolute Gasteiger partial charge is 0.376 e. The smallest absolute Gasteiger partial charge is 0.324 e. The van der Waals surface area contributed by atoms with Crippen molar-refractivity contribution in [3.05, 3.63) is 0 Å². The summed E-state index contributed by atoms with van der Waals surface area (Å²) in [5.74, 6) is 0.610. The highest BCUT2D eigenvalue weighted by Crippen LogP contribution is 2.14. The van der Waals surface area contributed by atoms with Crippen molar-refractivity contribution in [1.29, 1.82) is 0 Å². The van der Waals surface area contributed by atoms with E-state index < -0.39 is 0 Å². The van der Waals surface area contributed by atoms with Gasteiger partial charge in [0.05, 0.1) is 12.1 Å². The third-order valence-electron chi connectivity index (χ3n) is 3.44. The first-order chi connectivity index (χ1) is 9.97. The van der Waals surface area contributed by atoms with E-state index >= 15 is 0 Å². The Morgan fingerprint density at radius 3 is 2.76 bits per heavy atom. The number of ether oxygens (including phenoxy) is 1. The van der Waals surface area contributed by atoms with Gasteiger partial charge in [-0.1, -0.05) is 18.9 Å². The summed E-state index contributed by atoms with van der Waals surface area (Å²) in [6.07, 6.45) is 0.903. The van der Waals surface area contributed by atoms with Crippen LogP contribution in [0.25, 0.3) is 0 Å². The number of urea groups is 1. The molecule has 8 heteroatoms. The van der Waals surface area contributed by atoms with Gasteiger partial charge in [-0.05, 0) is 31.4 Å². The average Bonchev–Trinajstić information content (AvgIpc) is 2.74. The van der Waals surface area contributed by atoms with Crippen molar-refractivity contribution >= 4 is 12.0 Å². The molecule has 1 fully saturated rings. The molecule has 1 unspecified atom stereocenters. The zero-order valence-electron chi connectivity index (χ0n) is 13.1. The number of aromatic nitrogens is 4. The van der Waals surface area contributed by atoms with E-state index in [-0.39, 0.29) is 24.1 Å². The summed E-state index contributed by atoms with van der Waals surface area (Å²) in [5, 5.41) is 14.6. The number of rotatable bonds is 3. The zero-order chi connectivity index (χ0) is 15.4. The molecule has 0 aliphatic carbocycles. The molecular weight excluding hydrogens is 272 g/mol. The van der Waals surface area contributed by atoms with E-state index in [1.165, 1.54) is 4.80 Å². The summed E-state index contributed by atoms with van der Waals surface area (Å²) in [6, 6.07) is -0.0884. The topological polar surface area (TPSA) is 85.2 Å². The Morgan fingerprint density at radius 2 is 2.14 bits per heavy atom. The van der Waals surface area contributed by atoms with Crippen molar-refractivity contribution in [3.8, 4) is 0 Å². The lowest BCUT2D eigenvalue weighted by atomic mass is 10.1. The molecule has 0 radical (unpaired) electrons. The van der Waals surface area contributed by atoms with Gasteiger partial charge < -0.3 is 9.64 Å². The number of nitrogens with zero attached hydrogens (tertiary/aromatic N) is 5. The highest BCUT2D eigenvalue weighted by Gasteiger charge is 2.25. The molecular formula is C13H24N6O2. The summed E-state index contributed by atoms with van der Waals surface area (Å²) in [4.78, 5) is 15.5. The van der Waals surface area contributed by atoms with Crippen LogP contribution >= 0.6 is 0 Å². The number of hydrogen-bond donors (Lipinski definition) is 1. The quantitative estimate of drug-likeness (QED) is 0.914. The molecule has 2 amide bonds. The van der Waals surface area contributed by atoms with Crippen LogP contribution < -0.4 is 5.32 Å². The molecule has 0 bridgehead atoms. The lowest BCUT2D eigenvalue weighted by molar-refractivity contribution is 0.0273. The standard InChI is InChI=1S/C13H24N6O2/c1-9(2)11-8-18(6-5-7-21-11)13(20)14-12-15-17-19(16-12)10(3)4/h9-11H,5-8H2,1-4H3,(H,14,16,20). The van der Waals surface area contributed by atoms with Crippen molar-refractivity contribution in [3.63, 3.8) is 0 Å². The van der Waals surface area contributed by atoms with Crippen LogP contribution in [0, 0.1) is 5.92 Å². The highest BCUT2D eigenvalue weighted by atomic mass is 16.5. The molecule has 1 aromatic rings. The van der Waals surface area contributed by atoms with Crippen molar-refractivity contribution in [2.24, 2.45) is 5.92 Å². The van der Waals surface area contributed by atoms with Gasteiger partial charge in [-0.2, -0.15) is 4.80 Å². The Balaban J connectivity index is 1.97. The highest BCUT2D eigenvalue weighted by molar-refractivity contribution is 5.87. The molecule has 8 nitrogen and oxygen atoms in total. The van der Waals surface area contributed by atoms with Gasteiger partial charge in [0.15, 0.2) is 0 Å². The predicted octanol–water partition coefficient (Wildman–Crippen LogP) is 1.53. The van der Waals surface area contributed by atoms with E-state index in [4.69, 9.17) is 4.74 Å². The number of carbonyl (C=O) groups excluding carboxylic acids is 1. The lowest BCUT2D eigenvalue weighted by Gasteiger charge is -2.25. The van der Waals surface area contributed by atoms with Crippen molar-refractivity contribution in [1.82, 2.24) is 25.1 Å². The minimum Gasteiger partial charge on any atom is -0.376 e. The van der Waals surface area contributed by atoms with Crippen LogP contribution in [0.15, 0.2) is 0 Å². The number of nitrogens with one attached hydrogen (secondary N) is 1. The van der Waals surface area contributed by atoms with Gasteiger partial charge in [-0.25, -0.2) is 4.79 Å². The molecule has 2 rings (SSSR count). The van der Waals surface area contributed by atoms with Gasteiger partial charge in [-0.15, -0.1) is 5.10 Å². The van der Waals surface area contributed by atoms with Gasteiger partial charge in [0, 0.05) is 19.7 Å². The fourth-order valence-electron chi connectivity index (χ4n) is 2.11. The number of tetrazole rings is 1. The van der Waals surface area contributed by atoms with Crippen molar-refractivity contribution < 1.29 is 9.53 Å². The second kappa shape index (κ2) is 6.84. The van der Waals surface area contributed by atoms with Gasteiger partial charge in [-0.3, -0.25) is 5.32 Å². The lowest BCUT2D eigenvalue weighted by Crippen LogP contribution is -2.41. The first-order valence-electron chi connectivity index (χ1n) is 7.44. The summed E-state index contributed by atoms with van der Waals surface area (Å²) < 4.78 is 5.76. The molecule has 1 aliphatic rings. The summed E-state index contributed by atoms with van der Waals surface area (Å²) >= 11 is 0. The number of amides is 2. The van der Waals surface area contributed by atoms with Crippen LogP contribution in [0.2, 0.25) is 0 Å². The predicted molar refractivity (Wildman–Crippen MR) is 78.0 cm³/mol. The molecule has 0 saturated carbocycles. The van der Waals surface area contributed by atoms with Crippen molar-refractivity contribution in [2.45, 2.75) is 46.3 Å². The van der Waals surface area contributed by atoms with Crippen LogP contribution in [0.4, 0.5) is 10.7 Å². The minimum absolute atomic E-state index is 0.0672. The van der Waals surface area contributed by atoms with Crippen LogP contribution in [-0.4, -0.2) is 56.9 Å². The second-order valence-corrected chi connectivity index (χ2v) is 5.91. The maximum atomic E-state index is 12.3. The monoisotopic (exact) mass is 296 g/mol. The van der Waals surface area contributed by atoms with Gasteiger partial charge in [0.2, 0.25) is 0 Å². The minimum atomic E-state index is -0.200.